The van der Waals surface area contributed by atoms with Gasteiger partial charge in [-0.3, -0.25) is 4.79 Å². The summed E-state index contributed by atoms with van der Waals surface area (Å²) >= 11 is 0. The van der Waals surface area contributed by atoms with Gasteiger partial charge in [-0.05, 0) is 54.0 Å². The molecule has 0 amide bonds. The molecule has 27 heavy (non-hydrogen) atoms. The van der Waals surface area contributed by atoms with Crippen LogP contribution in [0.15, 0.2) is 12.1 Å². The third kappa shape index (κ3) is 7.28. The Morgan fingerprint density at radius 1 is 1.19 bits per heavy atom. The topological polar surface area (TPSA) is 65.0 Å². The number of aryl methyl sites for hydroxylation is 2. The van der Waals surface area contributed by atoms with Crippen LogP contribution in [0.2, 0.25) is 12.6 Å². The van der Waals surface area contributed by atoms with E-state index in [4.69, 9.17) is 13.6 Å². The molecule has 0 unspecified atom stereocenters. The molecule has 0 saturated carbocycles. The van der Waals surface area contributed by atoms with E-state index in [1.165, 1.54) is 0 Å². The van der Waals surface area contributed by atoms with Crippen molar-refractivity contribution >= 4 is 14.5 Å². The fraction of sp³-hybridized carbons (Fsp3) is 0.667. The largest absolute Gasteiger partial charge is 0.507 e. The smallest absolute Gasteiger partial charge is 0.334 e. The Hall–Kier alpha value is -1.37. The predicted molar refractivity (Wildman–Crippen MR) is 111 cm³/mol. The molecule has 0 aliphatic carbocycles. The number of phenolic OH excluding ortho intramolecular Hbond substituents is 1. The van der Waals surface area contributed by atoms with Crippen molar-refractivity contribution in [3.05, 3.63) is 28.8 Å². The predicted octanol–water partition coefficient (Wildman–Crippen LogP) is 4.48. The molecule has 1 N–H and O–H groups in total. The number of carbonyl (C=O) groups is 1. The van der Waals surface area contributed by atoms with E-state index in [1.807, 2.05) is 25.6 Å². The van der Waals surface area contributed by atoms with E-state index in [9.17, 15) is 9.90 Å². The first-order valence-corrected chi connectivity index (χ1v) is 12.2. The van der Waals surface area contributed by atoms with Crippen LogP contribution in [0.4, 0.5) is 0 Å². The van der Waals surface area contributed by atoms with E-state index in [2.05, 4.69) is 20.8 Å². The quantitative estimate of drug-likeness (QED) is 0.359. The lowest BCUT2D eigenvalue weighted by atomic mass is 9.83. The summed E-state index contributed by atoms with van der Waals surface area (Å²) in [5.41, 5.74) is 2.76. The Morgan fingerprint density at radius 2 is 1.81 bits per heavy atom. The minimum Gasteiger partial charge on any atom is -0.507 e. The highest BCUT2D eigenvalue weighted by molar-refractivity contribution is 6.65. The van der Waals surface area contributed by atoms with Crippen LogP contribution in [0.1, 0.15) is 57.2 Å². The van der Waals surface area contributed by atoms with Crippen LogP contribution in [-0.4, -0.2) is 40.5 Å². The summed E-state index contributed by atoms with van der Waals surface area (Å²) in [6.07, 6.45) is 2.44. The summed E-state index contributed by atoms with van der Waals surface area (Å²) in [5, 5.41) is 10.5. The molecule has 1 aromatic rings. The molecular formula is C21H36O5Si. The number of hydrogen-bond donors (Lipinski definition) is 1. The third-order valence-corrected chi connectivity index (χ3v) is 7.95. The molecule has 0 fully saturated rings. The normalized spacial score (nSPS) is 12.3. The molecule has 0 spiro atoms. The molecule has 1 aromatic carbocycles. The lowest BCUT2D eigenvalue weighted by Crippen LogP contribution is -2.36. The highest BCUT2D eigenvalue weighted by atomic mass is 28.4. The van der Waals surface area contributed by atoms with Gasteiger partial charge in [-0.1, -0.05) is 39.8 Å². The minimum atomic E-state index is -2.10. The van der Waals surface area contributed by atoms with Gasteiger partial charge in [-0.15, -0.1) is 0 Å². The number of ether oxygens (including phenoxy) is 1. The Bertz CT molecular complexity index is 618. The second-order valence-corrected chi connectivity index (χ2v) is 11.7. The summed E-state index contributed by atoms with van der Waals surface area (Å²) < 4.78 is 16.2. The lowest BCUT2D eigenvalue weighted by molar-refractivity contribution is -0.143. The Morgan fingerprint density at radius 3 is 2.33 bits per heavy atom. The SMILES string of the molecule is CCc1cc(CCC(=O)OCCC[Si](C)(OC)OC)cc(C(C)(C)C)c1O. The highest BCUT2D eigenvalue weighted by Gasteiger charge is 2.28. The standard InChI is InChI=1S/C21H36O5Si/c1-8-17-14-16(15-18(20(17)23)21(2,3)4)10-11-19(22)26-12-9-13-27(7,24-5)25-6/h14-15,23H,8-13H2,1-7H3. The van der Waals surface area contributed by atoms with Gasteiger partial charge in [0.1, 0.15) is 5.75 Å². The second-order valence-electron chi connectivity index (χ2n) is 8.12. The molecule has 0 atom stereocenters. The molecule has 0 aromatic heterocycles. The summed E-state index contributed by atoms with van der Waals surface area (Å²) in [5.74, 6) is 0.177. The number of phenols is 1. The molecule has 6 heteroatoms. The van der Waals surface area contributed by atoms with Crippen molar-refractivity contribution in [3.63, 3.8) is 0 Å². The van der Waals surface area contributed by atoms with Crippen molar-refractivity contribution < 1.29 is 23.5 Å². The number of carbonyl (C=O) groups excluding carboxylic acids is 1. The summed E-state index contributed by atoms with van der Waals surface area (Å²) in [7, 11) is 1.23. The van der Waals surface area contributed by atoms with Gasteiger partial charge in [0.15, 0.2) is 0 Å². The molecule has 1 rings (SSSR count). The molecule has 5 nitrogen and oxygen atoms in total. The van der Waals surface area contributed by atoms with Crippen molar-refractivity contribution in [3.8, 4) is 5.75 Å². The van der Waals surface area contributed by atoms with Gasteiger partial charge in [0.05, 0.1) is 6.61 Å². The molecule has 0 aliphatic rings. The molecule has 0 aliphatic heterocycles. The Balaban J connectivity index is 2.59. The average Bonchev–Trinajstić information content (AvgIpc) is 2.63. The number of rotatable bonds is 10. The third-order valence-electron chi connectivity index (χ3n) is 4.96. The zero-order chi connectivity index (χ0) is 20.7. The van der Waals surface area contributed by atoms with Crippen LogP contribution in [-0.2, 0) is 36.6 Å². The van der Waals surface area contributed by atoms with E-state index in [-0.39, 0.29) is 11.4 Å². The van der Waals surface area contributed by atoms with Gasteiger partial charge in [0.25, 0.3) is 0 Å². The minimum absolute atomic E-state index is 0.149. The van der Waals surface area contributed by atoms with Crippen molar-refractivity contribution in [2.24, 2.45) is 0 Å². The number of aromatic hydroxyl groups is 1. The van der Waals surface area contributed by atoms with Gasteiger partial charge in [0.2, 0.25) is 0 Å². The highest BCUT2D eigenvalue weighted by Crippen LogP contribution is 2.35. The van der Waals surface area contributed by atoms with E-state index in [0.717, 1.165) is 35.6 Å². The lowest BCUT2D eigenvalue weighted by Gasteiger charge is -2.23. The van der Waals surface area contributed by atoms with E-state index in [0.29, 0.717) is 25.2 Å². The van der Waals surface area contributed by atoms with Gasteiger partial charge in [-0.2, -0.15) is 0 Å². The van der Waals surface area contributed by atoms with Crippen LogP contribution >= 0.6 is 0 Å². The molecule has 154 valence electrons. The van der Waals surface area contributed by atoms with Crippen LogP contribution in [0, 0.1) is 0 Å². The van der Waals surface area contributed by atoms with Crippen LogP contribution in [0.5, 0.6) is 5.75 Å². The van der Waals surface area contributed by atoms with Gasteiger partial charge >= 0.3 is 14.5 Å². The fourth-order valence-electron chi connectivity index (χ4n) is 2.93. The van der Waals surface area contributed by atoms with E-state index >= 15 is 0 Å². The second kappa shape index (κ2) is 10.2. The van der Waals surface area contributed by atoms with Crippen LogP contribution < -0.4 is 0 Å². The van der Waals surface area contributed by atoms with Gasteiger partial charge < -0.3 is 18.7 Å². The van der Waals surface area contributed by atoms with E-state index in [1.54, 1.807) is 14.2 Å². The van der Waals surface area contributed by atoms with Crippen molar-refractivity contribution in [2.75, 3.05) is 20.8 Å². The maximum atomic E-state index is 12.1. The fourth-order valence-corrected chi connectivity index (χ4v) is 4.29. The molecular weight excluding hydrogens is 360 g/mol. The van der Waals surface area contributed by atoms with Crippen molar-refractivity contribution in [2.45, 2.75) is 71.4 Å². The summed E-state index contributed by atoms with van der Waals surface area (Å²) in [4.78, 5) is 12.1. The van der Waals surface area contributed by atoms with Crippen LogP contribution in [0.3, 0.4) is 0 Å². The average molecular weight is 397 g/mol. The maximum Gasteiger partial charge on any atom is 0.334 e. The number of benzene rings is 1. The summed E-state index contributed by atoms with van der Waals surface area (Å²) in [6.45, 7) is 10.6. The zero-order valence-corrected chi connectivity index (χ0v) is 19.0. The first kappa shape index (κ1) is 23.7. The maximum absolute atomic E-state index is 12.1. The Labute approximate surface area is 165 Å². The van der Waals surface area contributed by atoms with Crippen molar-refractivity contribution in [1.82, 2.24) is 0 Å². The van der Waals surface area contributed by atoms with Gasteiger partial charge in [-0.25, -0.2) is 0 Å². The monoisotopic (exact) mass is 396 g/mol. The first-order chi connectivity index (χ1) is 12.6. The molecule has 0 saturated heterocycles. The molecule has 0 radical (unpaired) electrons. The Kier molecular flexibility index (Phi) is 8.98. The summed E-state index contributed by atoms with van der Waals surface area (Å²) in [6, 6.07) is 4.79. The zero-order valence-electron chi connectivity index (χ0n) is 18.0. The van der Waals surface area contributed by atoms with Gasteiger partial charge in [0, 0.05) is 20.6 Å². The molecule has 0 bridgehead atoms. The molecule has 0 heterocycles. The van der Waals surface area contributed by atoms with Crippen LogP contribution in [0.25, 0.3) is 0 Å². The van der Waals surface area contributed by atoms with E-state index < -0.39 is 8.56 Å². The number of esters is 1. The number of hydrogen-bond acceptors (Lipinski definition) is 5. The van der Waals surface area contributed by atoms with Crippen molar-refractivity contribution in [1.29, 1.82) is 0 Å². The first-order valence-electron chi connectivity index (χ1n) is 9.67.